The van der Waals surface area contributed by atoms with E-state index in [1.807, 2.05) is 26.0 Å². The third-order valence-corrected chi connectivity index (χ3v) is 1.69. The van der Waals surface area contributed by atoms with Crippen molar-refractivity contribution in [2.24, 2.45) is 0 Å². The Morgan fingerprint density at radius 3 is 2.67 bits per heavy atom. The Morgan fingerprint density at radius 2 is 2.07 bits per heavy atom. The van der Waals surface area contributed by atoms with Crippen LogP contribution >= 0.6 is 0 Å². The molecule has 1 rings (SSSR count). The molecule has 0 heterocycles. The first-order valence-corrected chi connectivity index (χ1v) is 4.70. The second-order valence-corrected chi connectivity index (χ2v) is 3.33. The zero-order chi connectivity index (χ0) is 11.3. The fourth-order valence-electron chi connectivity index (χ4n) is 1.13. The van der Waals surface area contributed by atoms with E-state index in [4.69, 9.17) is 9.84 Å². The number of benzene rings is 1. The summed E-state index contributed by atoms with van der Waals surface area (Å²) < 4.78 is 9.99. The van der Waals surface area contributed by atoms with Crippen LogP contribution in [0.3, 0.4) is 0 Å². The lowest BCUT2D eigenvalue weighted by Crippen LogP contribution is -2.08. The average Bonchev–Trinajstić information content (AvgIpc) is 2.15. The molecule has 0 fully saturated rings. The highest BCUT2D eigenvalue weighted by Gasteiger charge is 2.06. The van der Waals surface area contributed by atoms with E-state index < -0.39 is 6.16 Å². The van der Waals surface area contributed by atoms with E-state index in [1.165, 1.54) is 0 Å². The molecule has 0 aliphatic carbocycles. The number of carboxylic acid groups (broad SMARTS) is 1. The van der Waals surface area contributed by atoms with Crippen LogP contribution in [0.5, 0.6) is 5.75 Å². The Morgan fingerprint density at radius 1 is 1.40 bits per heavy atom. The number of hydrogen-bond donors (Lipinski definition) is 1. The molecular weight excluding hydrogens is 196 g/mol. The monoisotopic (exact) mass is 210 g/mol. The molecule has 82 valence electrons. The van der Waals surface area contributed by atoms with Crippen molar-refractivity contribution in [2.45, 2.75) is 26.6 Å². The SMILES string of the molecule is CC(C)Oc1ccccc1COC(=O)O. The van der Waals surface area contributed by atoms with Crippen LogP contribution in [0, 0.1) is 0 Å². The van der Waals surface area contributed by atoms with Crippen molar-refractivity contribution < 1.29 is 19.4 Å². The van der Waals surface area contributed by atoms with Gasteiger partial charge in [-0.15, -0.1) is 0 Å². The van der Waals surface area contributed by atoms with E-state index in [-0.39, 0.29) is 12.7 Å². The third kappa shape index (κ3) is 3.89. The lowest BCUT2D eigenvalue weighted by molar-refractivity contribution is 0.0841. The molecule has 0 amide bonds. The van der Waals surface area contributed by atoms with Crippen LogP contribution in [-0.2, 0) is 11.3 Å². The van der Waals surface area contributed by atoms with Gasteiger partial charge in [-0.3, -0.25) is 0 Å². The van der Waals surface area contributed by atoms with E-state index in [0.29, 0.717) is 5.75 Å². The maximum Gasteiger partial charge on any atom is 0.506 e. The highest BCUT2D eigenvalue weighted by atomic mass is 16.7. The van der Waals surface area contributed by atoms with Gasteiger partial charge in [0.2, 0.25) is 0 Å². The standard InChI is InChI=1S/C11H14O4/c1-8(2)15-10-6-4-3-5-9(10)7-14-11(12)13/h3-6,8H,7H2,1-2H3,(H,12,13). The zero-order valence-electron chi connectivity index (χ0n) is 8.77. The highest BCUT2D eigenvalue weighted by Crippen LogP contribution is 2.20. The van der Waals surface area contributed by atoms with Crippen molar-refractivity contribution in [1.82, 2.24) is 0 Å². The van der Waals surface area contributed by atoms with Crippen molar-refractivity contribution in [3.8, 4) is 5.75 Å². The minimum absolute atomic E-state index is 0.0121. The maximum absolute atomic E-state index is 10.2. The molecule has 4 nitrogen and oxygen atoms in total. The van der Waals surface area contributed by atoms with Gasteiger partial charge >= 0.3 is 6.16 Å². The molecule has 0 radical (unpaired) electrons. The summed E-state index contributed by atoms with van der Waals surface area (Å²) in [6, 6.07) is 7.22. The highest BCUT2D eigenvalue weighted by molar-refractivity contribution is 5.57. The fourth-order valence-corrected chi connectivity index (χ4v) is 1.13. The van der Waals surface area contributed by atoms with Gasteiger partial charge in [0.25, 0.3) is 0 Å². The number of carbonyl (C=O) groups is 1. The van der Waals surface area contributed by atoms with Crippen LogP contribution in [0.15, 0.2) is 24.3 Å². The molecular formula is C11H14O4. The molecule has 1 N–H and O–H groups in total. The van der Waals surface area contributed by atoms with Gasteiger partial charge in [-0.25, -0.2) is 4.79 Å². The van der Waals surface area contributed by atoms with Gasteiger partial charge in [0.1, 0.15) is 12.4 Å². The number of ether oxygens (including phenoxy) is 2. The van der Waals surface area contributed by atoms with Crippen LogP contribution in [0.25, 0.3) is 0 Å². The van der Waals surface area contributed by atoms with Crippen LogP contribution in [0.1, 0.15) is 19.4 Å². The molecule has 4 heteroatoms. The summed E-state index contributed by atoms with van der Waals surface area (Å²) in [7, 11) is 0. The van der Waals surface area contributed by atoms with E-state index in [1.54, 1.807) is 12.1 Å². The molecule has 0 aromatic heterocycles. The van der Waals surface area contributed by atoms with Crippen LogP contribution in [0.4, 0.5) is 4.79 Å². The first kappa shape index (κ1) is 11.4. The lowest BCUT2D eigenvalue weighted by atomic mass is 10.2. The van der Waals surface area contributed by atoms with Crippen molar-refractivity contribution in [2.75, 3.05) is 0 Å². The van der Waals surface area contributed by atoms with Crippen molar-refractivity contribution in [3.05, 3.63) is 29.8 Å². The van der Waals surface area contributed by atoms with Gasteiger partial charge in [-0.1, -0.05) is 18.2 Å². The molecule has 0 aliphatic rings. The zero-order valence-corrected chi connectivity index (χ0v) is 8.77. The maximum atomic E-state index is 10.2. The lowest BCUT2D eigenvalue weighted by Gasteiger charge is -2.13. The third-order valence-electron chi connectivity index (χ3n) is 1.69. The predicted octanol–water partition coefficient (Wildman–Crippen LogP) is 2.67. The minimum atomic E-state index is -1.28. The van der Waals surface area contributed by atoms with Gasteiger partial charge in [0.05, 0.1) is 6.10 Å². The van der Waals surface area contributed by atoms with E-state index in [0.717, 1.165) is 5.56 Å². The van der Waals surface area contributed by atoms with E-state index in [2.05, 4.69) is 4.74 Å². The molecule has 0 bridgehead atoms. The normalized spacial score (nSPS) is 10.1. The fraction of sp³-hybridized carbons (Fsp3) is 0.364. The van der Waals surface area contributed by atoms with Crippen molar-refractivity contribution in [3.63, 3.8) is 0 Å². The molecule has 1 aromatic carbocycles. The second kappa shape index (κ2) is 5.24. The molecule has 0 saturated carbocycles. The quantitative estimate of drug-likeness (QED) is 0.776. The van der Waals surface area contributed by atoms with E-state index in [9.17, 15) is 4.79 Å². The summed E-state index contributed by atoms with van der Waals surface area (Å²) in [5.74, 6) is 0.661. The Hall–Kier alpha value is -1.71. The van der Waals surface area contributed by atoms with Gasteiger partial charge < -0.3 is 14.6 Å². The summed E-state index contributed by atoms with van der Waals surface area (Å²) in [4.78, 5) is 10.2. The van der Waals surface area contributed by atoms with Crippen LogP contribution in [-0.4, -0.2) is 17.4 Å². The molecule has 15 heavy (non-hydrogen) atoms. The van der Waals surface area contributed by atoms with Crippen LogP contribution < -0.4 is 4.74 Å². The first-order valence-electron chi connectivity index (χ1n) is 4.70. The predicted molar refractivity (Wildman–Crippen MR) is 55.0 cm³/mol. The number of para-hydroxylation sites is 1. The summed E-state index contributed by atoms with van der Waals surface area (Å²) in [6.07, 6.45) is -1.23. The van der Waals surface area contributed by atoms with Crippen LogP contribution in [0.2, 0.25) is 0 Å². The summed E-state index contributed by atoms with van der Waals surface area (Å²) in [5.41, 5.74) is 0.730. The van der Waals surface area contributed by atoms with Gasteiger partial charge in [-0.05, 0) is 19.9 Å². The Bertz CT molecular complexity index is 333. The molecule has 0 aliphatic heterocycles. The largest absolute Gasteiger partial charge is 0.506 e. The first-order chi connectivity index (χ1) is 7.09. The Kier molecular flexibility index (Phi) is 3.97. The Labute approximate surface area is 88.4 Å². The van der Waals surface area contributed by atoms with Crippen molar-refractivity contribution >= 4 is 6.16 Å². The summed E-state index contributed by atoms with van der Waals surface area (Å²) >= 11 is 0. The molecule has 0 atom stereocenters. The van der Waals surface area contributed by atoms with Crippen molar-refractivity contribution in [1.29, 1.82) is 0 Å². The number of rotatable bonds is 4. The second-order valence-electron chi connectivity index (χ2n) is 3.33. The molecule has 0 unspecified atom stereocenters. The minimum Gasteiger partial charge on any atom is -0.491 e. The van der Waals surface area contributed by atoms with Gasteiger partial charge in [0.15, 0.2) is 0 Å². The average molecular weight is 210 g/mol. The van der Waals surface area contributed by atoms with Gasteiger partial charge in [0, 0.05) is 5.56 Å². The van der Waals surface area contributed by atoms with E-state index >= 15 is 0 Å². The Balaban J connectivity index is 2.72. The molecule has 1 aromatic rings. The van der Waals surface area contributed by atoms with Gasteiger partial charge in [-0.2, -0.15) is 0 Å². The summed E-state index contributed by atoms with van der Waals surface area (Å²) in [6.45, 7) is 3.84. The topological polar surface area (TPSA) is 55.8 Å². The molecule has 0 saturated heterocycles. The molecule has 0 spiro atoms. The smallest absolute Gasteiger partial charge is 0.491 e. The number of hydrogen-bond acceptors (Lipinski definition) is 3. The summed E-state index contributed by atoms with van der Waals surface area (Å²) in [5, 5.41) is 8.38.